The molecule has 1 saturated carbocycles. The number of rotatable bonds is 1. The molecule has 0 aromatic heterocycles. The van der Waals surface area contributed by atoms with Crippen molar-refractivity contribution in [3.8, 4) is 0 Å². The van der Waals surface area contributed by atoms with Crippen molar-refractivity contribution in [3.05, 3.63) is 11.6 Å². The minimum Gasteiger partial charge on any atom is -0.396 e. The van der Waals surface area contributed by atoms with Gasteiger partial charge in [-0.3, -0.25) is 0 Å². The zero-order valence-electron chi connectivity index (χ0n) is 11.2. The van der Waals surface area contributed by atoms with Gasteiger partial charge in [-0.15, -0.1) is 0 Å². The molecule has 0 radical (unpaired) electrons. The highest BCUT2D eigenvalue weighted by atomic mass is 16.3. The molecule has 2 aliphatic carbocycles. The normalized spacial score (nSPS) is 48.4. The van der Waals surface area contributed by atoms with Crippen molar-refractivity contribution >= 4 is 0 Å². The van der Waals surface area contributed by atoms with E-state index in [4.69, 9.17) is 0 Å². The number of aliphatic hydroxyl groups is 1. The predicted molar refractivity (Wildman–Crippen MR) is 68.2 cm³/mol. The summed E-state index contributed by atoms with van der Waals surface area (Å²) in [6, 6.07) is 0. The lowest BCUT2D eigenvalue weighted by molar-refractivity contribution is -0.0738. The molecule has 0 heterocycles. The van der Waals surface area contributed by atoms with Crippen LogP contribution in [0, 0.1) is 22.7 Å². The van der Waals surface area contributed by atoms with E-state index in [1.165, 1.54) is 25.7 Å². The second-order valence-electron chi connectivity index (χ2n) is 6.54. The summed E-state index contributed by atoms with van der Waals surface area (Å²) in [7, 11) is 0. The van der Waals surface area contributed by atoms with Crippen LogP contribution < -0.4 is 0 Å². The number of aliphatic hydroxyl groups excluding tert-OH is 1. The zero-order chi connectivity index (χ0) is 12.0. The minimum atomic E-state index is 0.128. The summed E-state index contributed by atoms with van der Waals surface area (Å²) in [5, 5.41) is 9.84. The first-order chi connectivity index (χ1) is 7.45. The van der Waals surface area contributed by atoms with Crippen molar-refractivity contribution in [2.45, 2.75) is 53.4 Å². The third kappa shape index (κ3) is 1.48. The molecule has 92 valence electrons. The van der Waals surface area contributed by atoms with Crippen LogP contribution in [0.5, 0.6) is 0 Å². The molecule has 0 saturated heterocycles. The molecule has 1 N–H and O–H groups in total. The Bertz CT molecular complexity index is 307. The van der Waals surface area contributed by atoms with E-state index in [9.17, 15) is 5.11 Å². The van der Waals surface area contributed by atoms with Gasteiger partial charge in [0.2, 0.25) is 0 Å². The largest absolute Gasteiger partial charge is 0.396 e. The highest BCUT2D eigenvalue weighted by Crippen LogP contribution is 2.59. The lowest BCUT2D eigenvalue weighted by Crippen LogP contribution is -2.51. The molecule has 0 amide bonds. The first-order valence-electron chi connectivity index (χ1n) is 6.73. The molecule has 0 aromatic carbocycles. The van der Waals surface area contributed by atoms with E-state index in [2.05, 4.69) is 33.8 Å². The molecule has 0 aliphatic heterocycles. The number of hydrogen-bond donors (Lipinski definition) is 1. The highest BCUT2D eigenvalue weighted by molar-refractivity contribution is 5.20. The Morgan fingerprint density at radius 1 is 1.38 bits per heavy atom. The van der Waals surface area contributed by atoms with Gasteiger partial charge in [0.15, 0.2) is 0 Å². The van der Waals surface area contributed by atoms with E-state index < -0.39 is 0 Å². The molecule has 4 atom stereocenters. The van der Waals surface area contributed by atoms with Gasteiger partial charge in [0, 0.05) is 6.61 Å². The van der Waals surface area contributed by atoms with Crippen LogP contribution in [0.2, 0.25) is 0 Å². The average Bonchev–Trinajstić information content (AvgIpc) is 2.27. The van der Waals surface area contributed by atoms with E-state index in [0.717, 1.165) is 0 Å². The summed E-state index contributed by atoms with van der Waals surface area (Å²) in [4.78, 5) is 0. The monoisotopic (exact) mass is 222 g/mol. The molecule has 1 nitrogen and oxygen atoms in total. The van der Waals surface area contributed by atoms with Gasteiger partial charge in [0.25, 0.3) is 0 Å². The molecule has 2 aliphatic rings. The van der Waals surface area contributed by atoms with Gasteiger partial charge >= 0.3 is 0 Å². The Kier molecular flexibility index (Phi) is 2.94. The topological polar surface area (TPSA) is 20.2 Å². The lowest BCUT2D eigenvalue weighted by Gasteiger charge is -2.57. The third-order valence-electron chi connectivity index (χ3n) is 5.94. The van der Waals surface area contributed by atoms with Gasteiger partial charge in [-0.25, -0.2) is 0 Å². The molecule has 16 heavy (non-hydrogen) atoms. The molecular formula is C15H26O. The second kappa shape index (κ2) is 3.87. The molecule has 0 spiro atoms. The predicted octanol–water partition coefficient (Wildman–Crippen LogP) is 3.78. The van der Waals surface area contributed by atoms with E-state index in [-0.39, 0.29) is 5.41 Å². The summed E-state index contributed by atoms with van der Waals surface area (Å²) >= 11 is 0. The van der Waals surface area contributed by atoms with Gasteiger partial charge in [-0.05, 0) is 55.3 Å². The van der Waals surface area contributed by atoms with Crippen LogP contribution in [-0.4, -0.2) is 11.7 Å². The smallest absolute Gasteiger partial charge is 0.0490 e. The quantitative estimate of drug-likeness (QED) is 0.669. The van der Waals surface area contributed by atoms with E-state index in [1.807, 2.05) is 0 Å². The van der Waals surface area contributed by atoms with Gasteiger partial charge in [0.1, 0.15) is 0 Å². The summed E-state index contributed by atoms with van der Waals surface area (Å²) in [5.74, 6) is 1.32. The molecule has 0 unspecified atom stereocenters. The second-order valence-corrected chi connectivity index (χ2v) is 6.54. The fourth-order valence-electron chi connectivity index (χ4n) is 4.18. The number of hydrogen-bond acceptors (Lipinski definition) is 1. The Balaban J connectivity index is 2.40. The Hall–Kier alpha value is -0.300. The van der Waals surface area contributed by atoms with Crippen molar-refractivity contribution in [1.82, 2.24) is 0 Å². The van der Waals surface area contributed by atoms with Crippen LogP contribution in [0.3, 0.4) is 0 Å². The van der Waals surface area contributed by atoms with Crippen molar-refractivity contribution in [2.75, 3.05) is 6.61 Å². The number of fused-ring (bicyclic) bond motifs is 1. The minimum absolute atomic E-state index is 0.128. The van der Waals surface area contributed by atoms with Gasteiger partial charge in [-0.1, -0.05) is 32.4 Å². The van der Waals surface area contributed by atoms with Crippen LogP contribution in [0.15, 0.2) is 11.6 Å². The molecule has 0 bridgehead atoms. The van der Waals surface area contributed by atoms with Crippen LogP contribution in [0.25, 0.3) is 0 Å². The standard InChI is InChI=1S/C15H26O/c1-11-6-5-7-13-14(11,3)9-8-12(2)15(13,4)10-16/h6,12-13,16H,5,7-10H2,1-4H3/t12-,13-,14+,15-/m0/s1. The lowest BCUT2D eigenvalue weighted by atomic mass is 9.48. The Morgan fingerprint density at radius 3 is 2.69 bits per heavy atom. The van der Waals surface area contributed by atoms with Gasteiger partial charge in [-0.2, -0.15) is 0 Å². The summed E-state index contributed by atoms with van der Waals surface area (Å²) in [5.41, 5.74) is 2.04. The Labute approximate surface area is 99.9 Å². The molecule has 1 heteroatoms. The fraction of sp³-hybridized carbons (Fsp3) is 0.867. The summed E-state index contributed by atoms with van der Waals surface area (Å²) < 4.78 is 0. The molecule has 0 aromatic rings. The molecule has 1 fully saturated rings. The van der Waals surface area contributed by atoms with Crippen molar-refractivity contribution in [1.29, 1.82) is 0 Å². The maximum atomic E-state index is 9.84. The van der Waals surface area contributed by atoms with Crippen LogP contribution in [0.4, 0.5) is 0 Å². The van der Waals surface area contributed by atoms with Crippen molar-refractivity contribution in [3.63, 3.8) is 0 Å². The zero-order valence-corrected chi connectivity index (χ0v) is 11.2. The van der Waals surface area contributed by atoms with Crippen molar-refractivity contribution in [2.24, 2.45) is 22.7 Å². The SMILES string of the molecule is CC1=CCC[C@@H]2[C@@](C)(CO)[C@@H](C)CC[C@]12C. The first-order valence-corrected chi connectivity index (χ1v) is 6.73. The van der Waals surface area contributed by atoms with Gasteiger partial charge < -0.3 is 5.11 Å². The van der Waals surface area contributed by atoms with E-state index >= 15 is 0 Å². The first kappa shape index (κ1) is 12.2. The number of allylic oxidation sites excluding steroid dienone is 2. The highest BCUT2D eigenvalue weighted by Gasteiger charge is 2.52. The van der Waals surface area contributed by atoms with E-state index in [0.29, 0.717) is 23.9 Å². The molecular weight excluding hydrogens is 196 g/mol. The Morgan fingerprint density at radius 2 is 2.06 bits per heavy atom. The maximum Gasteiger partial charge on any atom is 0.0490 e. The fourth-order valence-corrected chi connectivity index (χ4v) is 4.18. The summed E-state index contributed by atoms with van der Waals surface area (Å²) in [6.45, 7) is 9.69. The maximum absolute atomic E-state index is 9.84. The third-order valence-corrected chi connectivity index (χ3v) is 5.94. The van der Waals surface area contributed by atoms with E-state index in [1.54, 1.807) is 5.57 Å². The van der Waals surface area contributed by atoms with Crippen molar-refractivity contribution < 1.29 is 5.11 Å². The average molecular weight is 222 g/mol. The molecule has 2 rings (SSSR count). The van der Waals surface area contributed by atoms with Crippen LogP contribution in [-0.2, 0) is 0 Å². The van der Waals surface area contributed by atoms with Gasteiger partial charge in [0.05, 0.1) is 0 Å². The van der Waals surface area contributed by atoms with Crippen LogP contribution >= 0.6 is 0 Å². The summed E-state index contributed by atoms with van der Waals surface area (Å²) in [6.07, 6.45) is 7.44. The van der Waals surface area contributed by atoms with Crippen LogP contribution in [0.1, 0.15) is 53.4 Å².